The first kappa shape index (κ1) is 15.1. The number of benzene rings is 1. The number of hydrogen-bond acceptors (Lipinski definition) is 2. The Kier molecular flexibility index (Phi) is 5.93. The van der Waals surface area contributed by atoms with Gasteiger partial charge < -0.3 is 15.4 Å². The number of anilines is 1. The summed E-state index contributed by atoms with van der Waals surface area (Å²) < 4.78 is 5.52. The molecule has 0 aliphatic heterocycles. The zero-order valence-electron chi connectivity index (χ0n) is 11.8. The van der Waals surface area contributed by atoms with E-state index >= 15 is 0 Å². The summed E-state index contributed by atoms with van der Waals surface area (Å²) in [7, 11) is 0. The third kappa shape index (κ3) is 6.50. The number of urea groups is 1. The van der Waals surface area contributed by atoms with Crippen LogP contribution < -0.4 is 15.4 Å². The summed E-state index contributed by atoms with van der Waals surface area (Å²) in [4.78, 5) is 11.6. The second-order valence-electron chi connectivity index (χ2n) is 5.00. The monoisotopic (exact) mass is 262 g/mol. The van der Waals surface area contributed by atoms with E-state index in [4.69, 9.17) is 4.74 Å². The Morgan fingerprint density at radius 2 is 2.16 bits per heavy atom. The summed E-state index contributed by atoms with van der Waals surface area (Å²) >= 11 is 0. The van der Waals surface area contributed by atoms with E-state index in [1.165, 1.54) is 0 Å². The van der Waals surface area contributed by atoms with Crippen LogP contribution in [0.25, 0.3) is 0 Å². The van der Waals surface area contributed by atoms with Gasteiger partial charge in [0.25, 0.3) is 0 Å². The summed E-state index contributed by atoms with van der Waals surface area (Å²) in [6, 6.07) is 7.10. The van der Waals surface area contributed by atoms with Crippen LogP contribution in [0.5, 0.6) is 5.75 Å². The standard InChI is InChI=1S/C15H22N2O2/c1-11(2)9-16-15(18)17-13-6-5-7-14(8-13)19-10-12(3)4/h5-8,11H,3,9-10H2,1-2,4H3,(H2,16,17,18). The van der Waals surface area contributed by atoms with E-state index in [1.54, 1.807) is 6.07 Å². The van der Waals surface area contributed by atoms with Gasteiger partial charge in [-0.2, -0.15) is 0 Å². The van der Waals surface area contributed by atoms with Crippen molar-refractivity contribution in [2.45, 2.75) is 20.8 Å². The van der Waals surface area contributed by atoms with Crippen LogP contribution in [0.2, 0.25) is 0 Å². The molecule has 1 rings (SSSR count). The van der Waals surface area contributed by atoms with Crippen LogP contribution in [0.15, 0.2) is 36.4 Å². The molecule has 0 aliphatic carbocycles. The molecular formula is C15H22N2O2. The minimum absolute atomic E-state index is 0.203. The molecule has 0 saturated carbocycles. The predicted molar refractivity (Wildman–Crippen MR) is 78.6 cm³/mol. The predicted octanol–water partition coefficient (Wildman–Crippen LogP) is 3.42. The maximum Gasteiger partial charge on any atom is 0.319 e. The lowest BCUT2D eigenvalue weighted by Gasteiger charge is -2.11. The highest BCUT2D eigenvalue weighted by atomic mass is 16.5. The molecule has 0 saturated heterocycles. The molecule has 0 aromatic heterocycles. The van der Waals surface area contributed by atoms with Crippen LogP contribution in [0.1, 0.15) is 20.8 Å². The number of nitrogens with one attached hydrogen (secondary N) is 2. The minimum atomic E-state index is -0.203. The smallest absolute Gasteiger partial charge is 0.319 e. The molecule has 0 unspecified atom stereocenters. The third-order valence-corrected chi connectivity index (χ3v) is 2.25. The largest absolute Gasteiger partial charge is 0.489 e. The van der Waals surface area contributed by atoms with Crippen LogP contribution in [0.3, 0.4) is 0 Å². The Hall–Kier alpha value is -1.97. The highest BCUT2D eigenvalue weighted by molar-refractivity contribution is 5.89. The average Bonchev–Trinajstić information content (AvgIpc) is 2.34. The molecule has 0 aliphatic rings. The number of carbonyl (C=O) groups is 1. The summed E-state index contributed by atoms with van der Waals surface area (Å²) in [5, 5.41) is 5.57. The fraction of sp³-hybridized carbons (Fsp3) is 0.400. The molecule has 0 atom stereocenters. The summed E-state index contributed by atoms with van der Waals surface area (Å²) in [6.45, 7) is 10.9. The van der Waals surface area contributed by atoms with Crippen molar-refractivity contribution in [3.63, 3.8) is 0 Å². The Balaban J connectivity index is 2.51. The Morgan fingerprint density at radius 3 is 2.79 bits per heavy atom. The van der Waals surface area contributed by atoms with Gasteiger partial charge in [0.05, 0.1) is 0 Å². The molecule has 104 valence electrons. The molecule has 0 fully saturated rings. The van der Waals surface area contributed by atoms with Crippen molar-refractivity contribution in [3.8, 4) is 5.75 Å². The number of ether oxygens (including phenoxy) is 1. The van der Waals surface area contributed by atoms with Gasteiger partial charge in [0, 0.05) is 18.3 Å². The van der Waals surface area contributed by atoms with E-state index in [1.807, 2.05) is 39.0 Å². The van der Waals surface area contributed by atoms with Crippen molar-refractivity contribution in [1.29, 1.82) is 0 Å². The van der Waals surface area contributed by atoms with Gasteiger partial charge in [-0.25, -0.2) is 4.79 Å². The normalized spacial score (nSPS) is 10.1. The van der Waals surface area contributed by atoms with E-state index < -0.39 is 0 Å². The quantitative estimate of drug-likeness (QED) is 0.772. The first-order valence-electron chi connectivity index (χ1n) is 6.39. The Morgan fingerprint density at radius 1 is 1.42 bits per heavy atom. The molecule has 0 bridgehead atoms. The van der Waals surface area contributed by atoms with Gasteiger partial charge >= 0.3 is 6.03 Å². The third-order valence-electron chi connectivity index (χ3n) is 2.25. The van der Waals surface area contributed by atoms with Crippen molar-refractivity contribution in [2.24, 2.45) is 5.92 Å². The van der Waals surface area contributed by atoms with E-state index in [0.717, 1.165) is 5.57 Å². The Bertz CT molecular complexity index is 442. The van der Waals surface area contributed by atoms with E-state index in [2.05, 4.69) is 17.2 Å². The fourth-order valence-electron chi connectivity index (χ4n) is 1.34. The van der Waals surface area contributed by atoms with Crippen LogP contribution in [0, 0.1) is 5.92 Å². The van der Waals surface area contributed by atoms with E-state index in [0.29, 0.717) is 30.5 Å². The maximum absolute atomic E-state index is 11.6. The van der Waals surface area contributed by atoms with Crippen LogP contribution in [-0.2, 0) is 0 Å². The molecule has 0 heterocycles. The topological polar surface area (TPSA) is 50.4 Å². The van der Waals surface area contributed by atoms with Gasteiger partial charge in [0.15, 0.2) is 0 Å². The summed E-state index contributed by atoms with van der Waals surface area (Å²) in [6.07, 6.45) is 0. The van der Waals surface area contributed by atoms with Gasteiger partial charge in [-0.3, -0.25) is 0 Å². The molecule has 2 amide bonds. The second-order valence-corrected chi connectivity index (χ2v) is 5.00. The number of hydrogen-bond donors (Lipinski definition) is 2. The molecule has 0 spiro atoms. The van der Waals surface area contributed by atoms with Gasteiger partial charge in [-0.1, -0.05) is 26.5 Å². The molecule has 4 heteroatoms. The van der Waals surface area contributed by atoms with Crippen molar-refractivity contribution < 1.29 is 9.53 Å². The second kappa shape index (κ2) is 7.46. The molecule has 0 radical (unpaired) electrons. The van der Waals surface area contributed by atoms with Gasteiger partial charge in [0.1, 0.15) is 12.4 Å². The molecule has 2 N–H and O–H groups in total. The van der Waals surface area contributed by atoms with E-state index in [-0.39, 0.29) is 6.03 Å². The average molecular weight is 262 g/mol. The van der Waals surface area contributed by atoms with Gasteiger partial charge in [-0.05, 0) is 30.5 Å². The van der Waals surface area contributed by atoms with Crippen molar-refractivity contribution >= 4 is 11.7 Å². The number of rotatable bonds is 6. The molecule has 19 heavy (non-hydrogen) atoms. The van der Waals surface area contributed by atoms with Gasteiger partial charge in [-0.15, -0.1) is 0 Å². The fourth-order valence-corrected chi connectivity index (χ4v) is 1.34. The first-order chi connectivity index (χ1) is 8.97. The van der Waals surface area contributed by atoms with Crippen LogP contribution in [-0.4, -0.2) is 19.2 Å². The summed E-state index contributed by atoms with van der Waals surface area (Å²) in [5.74, 6) is 1.14. The highest BCUT2D eigenvalue weighted by Crippen LogP contribution is 2.17. The van der Waals surface area contributed by atoms with Crippen molar-refractivity contribution in [1.82, 2.24) is 5.32 Å². The van der Waals surface area contributed by atoms with Crippen molar-refractivity contribution in [3.05, 3.63) is 36.4 Å². The summed E-state index contributed by atoms with van der Waals surface area (Å²) in [5.41, 5.74) is 1.66. The molecule has 1 aromatic rings. The van der Waals surface area contributed by atoms with E-state index in [9.17, 15) is 4.79 Å². The highest BCUT2D eigenvalue weighted by Gasteiger charge is 2.03. The maximum atomic E-state index is 11.6. The lowest BCUT2D eigenvalue weighted by Crippen LogP contribution is -2.31. The SMILES string of the molecule is C=C(C)COc1cccc(NC(=O)NCC(C)C)c1. The first-order valence-corrected chi connectivity index (χ1v) is 6.39. The van der Waals surface area contributed by atoms with Gasteiger partial charge in [0.2, 0.25) is 0 Å². The molecular weight excluding hydrogens is 240 g/mol. The Labute approximate surface area is 114 Å². The van der Waals surface area contributed by atoms with Crippen molar-refractivity contribution in [2.75, 3.05) is 18.5 Å². The molecule has 4 nitrogen and oxygen atoms in total. The zero-order valence-corrected chi connectivity index (χ0v) is 11.8. The minimum Gasteiger partial charge on any atom is -0.489 e. The molecule has 1 aromatic carbocycles. The van der Waals surface area contributed by atoms with Crippen LogP contribution >= 0.6 is 0 Å². The zero-order chi connectivity index (χ0) is 14.3. The lowest BCUT2D eigenvalue weighted by molar-refractivity contribution is 0.251. The number of amides is 2. The number of carbonyl (C=O) groups excluding carboxylic acids is 1. The lowest BCUT2D eigenvalue weighted by atomic mass is 10.2. The van der Waals surface area contributed by atoms with Crippen LogP contribution in [0.4, 0.5) is 10.5 Å².